The molecule has 0 spiro atoms. The first-order valence-corrected chi connectivity index (χ1v) is 12.1. The normalized spacial score (nSPS) is 12.8. The van der Waals surface area contributed by atoms with E-state index in [-0.39, 0.29) is 0 Å². The van der Waals surface area contributed by atoms with Crippen LogP contribution in [0.4, 0.5) is 0 Å². The minimum Gasteiger partial charge on any atom is -0.295 e. The highest BCUT2D eigenvalue weighted by molar-refractivity contribution is 14.1. The number of alkyl halides is 1. The summed E-state index contributed by atoms with van der Waals surface area (Å²) in [6.07, 6.45) is 0. The second-order valence-corrected chi connectivity index (χ2v) is 10.9. The molecule has 0 amide bonds. The maximum atomic E-state index is 6.24. The lowest BCUT2D eigenvalue weighted by Crippen LogP contribution is -2.25. The molecule has 2 aromatic carbocycles. The number of rotatable bonds is 7. The molecule has 0 saturated heterocycles. The highest BCUT2D eigenvalue weighted by Crippen LogP contribution is 2.46. The van der Waals surface area contributed by atoms with Crippen LogP contribution in [0.3, 0.4) is 0 Å². The van der Waals surface area contributed by atoms with Crippen molar-refractivity contribution in [2.24, 2.45) is 0 Å². The Morgan fingerprint density at radius 3 is 2.35 bits per heavy atom. The molecule has 0 saturated carbocycles. The third-order valence-electron chi connectivity index (χ3n) is 3.84. The lowest BCUT2D eigenvalue weighted by atomic mass is 10.1. The Labute approximate surface area is 163 Å². The number of hydrogen-bond acceptors (Lipinski definition) is 1. The molecule has 0 aromatic heterocycles. The second kappa shape index (κ2) is 9.58. The van der Waals surface area contributed by atoms with Gasteiger partial charge in [0.25, 0.3) is 0 Å². The SMILES string of the molecule is CCN(Cc1ccccc1)Cc1cc(C(C)I)ccc1P(Cl)Cl. The van der Waals surface area contributed by atoms with Crippen LogP contribution >= 0.6 is 51.7 Å². The van der Waals surface area contributed by atoms with Crippen LogP contribution in [-0.2, 0) is 13.1 Å². The first kappa shape index (κ1) is 19.5. The third kappa shape index (κ3) is 5.86. The maximum Gasteiger partial charge on any atom is 0.117 e. The summed E-state index contributed by atoms with van der Waals surface area (Å²) in [5.41, 5.74) is 3.90. The molecule has 1 unspecified atom stereocenters. The predicted molar refractivity (Wildman–Crippen MR) is 113 cm³/mol. The average molecular weight is 480 g/mol. The van der Waals surface area contributed by atoms with Crippen LogP contribution in [0.25, 0.3) is 0 Å². The smallest absolute Gasteiger partial charge is 0.117 e. The van der Waals surface area contributed by atoms with Crippen molar-refractivity contribution in [3.05, 3.63) is 65.2 Å². The Morgan fingerprint density at radius 2 is 1.78 bits per heavy atom. The zero-order valence-corrected chi connectivity index (χ0v) is 17.9. The van der Waals surface area contributed by atoms with Crippen molar-refractivity contribution in [1.29, 1.82) is 0 Å². The summed E-state index contributed by atoms with van der Waals surface area (Å²) >= 11 is 14.9. The summed E-state index contributed by atoms with van der Waals surface area (Å²) in [5, 5.41) is 1.08. The van der Waals surface area contributed by atoms with Gasteiger partial charge < -0.3 is 0 Å². The van der Waals surface area contributed by atoms with E-state index in [1.807, 2.05) is 0 Å². The third-order valence-corrected chi connectivity index (χ3v) is 6.45. The molecule has 1 nitrogen and oxygen atoms in total. The quantitative estimate of drug-likeness (QED) is 0.245. The van der Waals surface area contributed by atoms with E-state index in [1.54, 1.807) is 0 Å². The van der Waals surface area contributed by atoms with Crippen molar-refractivity contribution < 1.29 is 0 Å². The molecular formula is C18H21Cl2INP. The van der Waals surface area contributed by atoms with E-state index < -0.39 is 6.63 Å². The predicted octanol–water partition coefficient (Wildman–Crippen LogP) is 6.62. The molecule has 2 aromatic rings. The van der Waals surface area contributed by atoms with E-state index >= 15 is 0 Å². The van der Waals surface area contributed by atoms with Crippen LogP contribution < -0.4 is 5.30 Å². The Bertz CT molecular complexity index is 620. The Morgan fingerprint density at radius 1 is 1.09 bits per heavy atom. The summed E-state index contributed by atoms with van der Waals surface area (Å²) in [6, 6.07) is 17.1. The van der Waals surface area contributed by atoms with Crippen molar-refractivity contribution in [3.8, 4) is 0 Å². The Kier molecular flexibility index (Phi) is 8.11. The van der Waals surface area contributed by atoms with Crippen molar-refractivity contribution in [2.75, 3.05) is 6.54 Å². The fraction of sp³-hybridized carbons (Fsp3) is 0.333. The Balaban J connectivity index is 2.23. The zero-order valence-electron chi connectivity index (χ0n) is 13.3. The number of benzene rings is 2. The number of nitrogens with zero attached hydrogens (tertiary/aromatic N) is 1. The van der Waals surface area contributed by atoms with E-state index in [9.17, 15) is 0 Å². The maximum absolute atomic E-state index is 6.24. The van der Waals surface area contributed by atoms with E-state index in [0.717, 1.165) is 24.9 Å². The fourth-order valence-electron chi connectivity index (χ4n) is 2.51. The molecule has 124 valence electrons. The molecule has 0 N–H and O–H groups in total. The molecule has 1 atom stereocenters. The van der Waals surface area contributed by atoms with Crippen LogP contribution in [0.1, 0.15) is 34.5 Å². The van der Waals surface area contributed by atoms with Gasteiger partial charge in [-0.15, -0.1) is 0 Å². The van der Waals surface area contributed by atoms with Gasteiger partial charge in [0.15, 0.2) is 0 Å². The average Bonchev–Trinajstić information content (AvgIpc) is 2.54. The summed E-state index contributed by atoms with van der Waals surface area (Å²) in [7, 11) is 0. The highest BCUT2D eigenvalue weighted by atomic mass is 127. The van der Waals surface area contributed by atoms with Gasteiger partial charge in [0.1, 0.15) is 6.63 Å². The van der Waals surface area contributed by atoms with Gasteiger partial charge in [0, 0.05) is 22.3 Å². The fourth-order valence-corrected chi connectivity index (χ4v) is 4.42. The molecule has 2 rings (SSSR count). The van der Waals surface area contributed by atoms with Crippen LogP contribution in [0.15, 0.2) is 48.5 Å². The summed E-state index contributed by atoms with van der Waals surface area (Å²) in [5.74, 6) is 0. The lowest BCUT2D eigenvalue weighted by Gasteiger charge is -2.23. The first-order chi connectivity index (χ1) is 11.0. The summed E-state index contributed by atoms with van der Waals surface area (Å²) in [6.45, 7) is 6.06. The molecule has 0 radical (unpaired) electrons. The van der Waals surface area contributed by atoms with E-state index in [1.165, 1.54) is 16.7 Å². The van der Waals surface area contributed by atoms with Gasteiger partial charge in [-0.25, -0.2) is 0 Å². The van der Waals surface area contributed by atoms with Gasteiger partial charge >= 0.3 is 0 Å². The van der Waals surface area contributed by atoms with Gasteiger partial charge in [-0.1, -0.05) is 101 Å². The standard InChI is InChI=1S/C18H21Cl2INP/c1-3-22(12-15-7-5-4-6-8-15)13-17-11-16(14(2)21)9-10-18(17)23(19)20/h4-11,14H,3,12-13H2,1-2H3. The highest BCUT2D eigenvalue weighted by Gasteiger charge is 2.15. The van der Waals surface area contributed by atoms with Gasteiger partial charge in [0.2, 0.25) is 0 Å². The first-order valence-electron chi connectivity index (χ1n) is 7.66. The molecule has 0 aliphatic rings. The van der Waals surface area contributed by atoms with Crippen LogP contribution in [-0.4, -0.2) is 11.4 Å². The largest absolute Gasteiger partial charge is 0.295 e. The van der Waals surface area contributed by atoms with E-state index in [0.29, 0.717) is 3.92 Å². The van der Waals surface area contributed by atoms with Crippen LogP contribution in [0.5, 0.6) is 0 Å². The molecule has 0 fully saturated rings. The molecule has 0 heterocycles. The van der Waals surface area contributed by atoms with Crippen molar-refractivity contribution in [3.63, 3.8) is 0 Å². The van der Waals surface area contributed by atoms with Crippen molar-refractivity contribution >= 4 is 57.0 Å². The van der Waals surface area contributed by atoms with Crippen LogP contribution in [0.2, 0.25) is 0 Å². The minimum atomic E-state index is -1.13. The lowest BCUT2D eigenvalue weighted by molar-refractivity contribution is 0.272. The van der Waals surface area contributed by atoms with Gasteiger partial charge in [-0.2, -0.15) is 0 Å². The molecular weight excluding hydrogens is 459 g/mol. The summed E-state index contributed by atoms with van der Waals surface area (Å²) in [4.78, 5) is 2.42. The Hall–Kier alpha value is 0.140. The topological polar surface area (TPSA) is 3.24 Å². The van der Waals surface area contributed by atoms with Gasteiger partial charge in [-0.05, 0) is 30.2 Å². The molecule has 5 heteroatoms. The van der Waals surface area contributed by atoms with Gasteiger partial charge in [-0.3, -0.25) is 4.90 Å². The molecule has 0 aliphatic carbocycles. The van der Waals surface area contributed by atoms with E-state index in [4.69, 9.17) is 22.5 Å². The number of hydrogen-bond donors (Lipinski definition) is 0. The van der Waals surface area contributed by atoms with Crippen molar-refractivity contribution in [1.82, 2.24) is 4.90 Å². The molecule has 0 bridgehead atoms. The van der Waals surface area contributed by atoms with E-state index in [2.05, 4.69) is 89.9 Å². The van der Waals surface area contributed by atoms with Crippen molar-refractivity contribution in [2.45, 2.75) is 30.9 Å². The minimum absolute atomic E-state index is 0.474. The molecule has 0 aliphatic heterocycles. The second-order valence-electron chi connectivity index (χ2n) is 5.53. The van der Waals surface area contributed by atoms with Crippen LogP contribution in [0, 0.1) is 0 Å². The molecule has 23 heavy (non-hydrogen) atoms. The number of halogens is 3. The zero-order chi connectivity index (χ0) is 16.8. The van der Waals surface area contributed by atoms with Gasteiger partial charge in [0.05, 0.1) is 0 Å². The monoisotopic (exact) mass is 479 g/mol. The summed E-state index contributed by atoms with van der Waals surface area (Å²) < 4.78 is 0.474.